The lowest BCUT2D eigenvalue weighted by molar-refractivity contribution is -0.136. The first-order chi connectivity index (χ1) is 15.7. The molecule has 0 N–H and O–H groups in total. The number of nitrogens with zero attached hydrogens (tertiary/aromatic N) is 5. The highest BCUT2D eigenvalue weighted by atomic mass is 32.1. The average molecular weight is 454 g/mol. The van der Waals surface area contributed by atoms with Crippen molar-refractivity contribution in [1.29, 1.82) is 0 Å². The minimum absolute atomic E-state index is 0.202. The number of piperazine rings is 1. The second-order valence-corrected chi connectivity index (χ2v) is 9.06. The quantitative estimate of drug-likeness (QED) is 0.587. The van der Waals surface area contributed by atoms with E-state index in [2.05, 4.69) is 38.0 Å². The van der Waals surface area contributed by atoms with Gasteiger partial charge in [0.25, 0.3) is 0 Å². The van der Waals surface area contributed by atoms with Crippen LogP contribution < -0.4 is 9.64 Å². The second-order valence-electron chi connectivity index (χ2n) is 8.01. The molecule has 9 heteroatoms. The highest BCUT2D eigenvalue weighted by molar-refractivity contribution is 7.22. The molecule has 1 amide bonds. The number of hydrogen-bond acceptors (Lipinski definition) is 8. The van der Waals surface area contributed by atoms with Crippen LogP contribution >= 0.6 is 11.3 Å². The van der Waals surface area contributed by atoms with Crippen molar-refractivity contribution in [3.8, 4) is 16.2 Å². The third-order valence-corrected chi connectivity index (χ3v) is 7.23. The topological polar surface area (TPSA) is 71.0 Å². The molecule has 32 heavy (non-hydrogen) atoms. The van der Waals surface area contributed by atoms with Gasteiger partial charge in [-0.1, -0.05) is 0 Å². The molecule has 5 rings (SSSR count). The Hall–Kier alpha value is -2.75. The summed E-state index contributed by atoms with van der Waals surface area (Å²) in [7, 11) is 1.68. The minimum Gasteiger partial charge on any atom is -0.497 e. The van der Waals surface area contributed by atoms with Crippen LogP contribution in [-0.4, -0.2) is 91.8 Å². The molecule has 0 spiro atoms. The maximum Gasteiger partial charge on any atom is 0.236 e. The lowest BCUT2D eigenvalue weighted by atomic mass is 10.2. The van der Waals surface area contributed by atoms with E-state index in [9.17, 15) is 4.79 Å². The number of benzene rings is 1. The zero-order valence-corrected chi connectivity index (χ0v) is 19.0. The van der Waals surface area contributed by atoms with Crippen molar-refractivity contribution in [2.75, 3.05) is 71.0 Å². The molecule has 2 aliphatic rings. The van der Waals surface area contributed by atoms with Gasteiger partial charge in [-0.2, -0.15) is 0 Å². The lowest BCUT2D eigenvalue weighted by Crippen LogP contribution is -2.51. The standard InChI is InChI=1S/C23H27N5O3S/c1-30-18-4-2-17(3-5-18)20-14-19-22(32-20)23(25-16-24-19)28-8-6-26(7-9-28)15-21(29)27-10-12-31-13-11-27/h2-5,14,16H,6-13,15H2,1H3. The molecule has 0 atom stereocenters. The van der Waals surface area contributed by atoms with Gasteiger partial charge in [-0.3, -0.25) is 9.69 Å². The number of aromatic nitrogens is 2. The van der Waals surface area contributed by atoms with E-state index in [1.54, 1.807) is 24.8 Å². The Labute approximate surface area is 191 Å². The second kappa shape index (κ2) is 9.40. The highest BCUT2D eigenvalue weighted by Crippen LogP contribution is 2.37. The van der Waals surface area contributed by atoms with Crippen molar-refractivity contribution in [3.05, 3.63) is 36.7 Å². The fourth-order valence-electron chi connectivity index (χ4n) is 4.19. The molecule has 0 bridgehead atoms. The van der Waals surface area contributed by atoms with Gasteiger partial charge < -0.3 is 19.3 Å². The number of ether oxygens (including phenoxy) is 2. The predicted molar refractivity (Wildman–Crippen MR) is 125 cm³/mol. The summed E-state index contributed by atoms with van der Waals surface area (Å²) in [6, 6.07) is 10.2. The third kappa shape index (κ3) is 4.41. The summed E-state index contributed by atoms with van der Waals surface area (Å²) in [6.45, 7) is 6.55. The van der Waals surface area contributed by atoms with Crippen LogP contribution in [0.15, 0.2) is 36.7 Å². The molecular weight excluding hydrogens is 426 g/mol. The number of amides is 1. The first kappa shape index (κ1) is 21.1. The molecule has 1 aromatic carbocycles. The predicted octanol–water partition coefficient (Wildman–Crippen LogP) is 2.35. The van der Waals surface area contributed by atoms with Gasteiger partial charge in [-0.25, -0.2) is 9.97 Å². The number of carbonyl (C=O) groups excluding carboxylic acids is 1. The molecule has 2 saturated heterocycles. The van der Waals surface area contributed by atoms with Crippen molar-refractivity contribution in [1.82, 2.24) is 19.8 Å². The summed E-state index contributed by atoms with van der Waals surface area (Å²) in [6.07, 6.45) is 1.65. The van der Waals surface area contributed by atoms with Gasteiger partial charge in [0, 0.05) is 44.1 Å². The molecule has 4 heterocycles. The molecule has 2 aromatic heterocycles. The molecule has 0 aliphatic carbocycles. The Kier molecular flexibility index (Phi) is 6.20. The summed E-state index contributed by atoms with van der Waals surface area (Å²) in [5.74, 6) is 2.03. The number of anilines is 1. The molecule has 0 saturated carbocycles. The fraction of sp³-hybridized carbons (Fsp3) is 0.435. The van der Waals surface area contributed by atoms with E-state index in [1.165, 1.54) is 4.88 Å². The number of fused-ring (bicyclic) bond motifs is 1. The zero-order chi connectivity index (χ0) is 21.9. The van der Waals surface area contributed by atoms with Gasteiger partial charge in [0.05, 0.1) is 37.1 Å². The van der Waals surface area contributed by atoms with Gasteiger partial charge in [-0.05, 0) is 35.9 Å². The van der Waals surface area contributed by atoms with Crippen LogP contribution in [0.3, 0.4) is 0 Å². The van der Waals surface area contributed by atoms with E-state index in [0.717, 1.165) is 53.5 Å². The number of hydrogen-bond donors (Lipinski definition) is 0. The first-order valence-corrected chi connectivity index (χ1v) is 11.7. The smallest absolute Gasteiger partial charge is 0.236 e. The van der Waals surface area contributed by atoms with Crippen molar-refractivity contribution < 1.29 is 14.3 Å². The van der Waals surface area contributed by atoms with E-state index in [-0.39, 0.29) is 5.91 Å². The largest absolute Gasteiger partial charge is 0.497 e. The van der Waals surface area contributed by atoms with Gasteiger partial charge in [0.1, 0.15) is 17.9 Å². The summed E-state index contributed by atoms with van der Waals surface area (Å²) < 4.78 is 11.7. The Balaban J connectivity index is 1.27. The summed E-state index contributed by atoms with van der Waals surface area (Å²) in [4.78, 5) is 29.3. The molecule has 0 unspecified atom stereocenters. The van der Waals surface area contributed by atoms with Crippen LogP contribution in [-0.2, 0) is 9.53 Å². The van der Waals surface area contributed by atoms with Crippen LogP contribution in [0.1, 0.15) is 0 Å². The van der Waals surface area contributed by atoms with E-state index in [1.807, 2.05) is 17.0 Å². The minimum atomic E-state index is 0.202. The van der Waals surface area contributed by atoms with Gasteiger partial charge >= 0.3 is 0 Å². The van der Waals surface area contributed by atoms with Crippen LogP contribution in [0.2, 0.25) is 0 Å². The van der Waals surface area contributed by atoms with Crippen molar-refractivity contribution in [2.45, 2.75) is 0 Å². The van der Waals surface area contributed by atoms with E-state index in [4.69, 9.17) is 9.47 Å². The molecule has 8 nitrogen and oxygen atoms in total. The van der Waals surface area contributed by atoms with Crippen molar-refractivity contribution in [2.24, 2.45) is 0 Å². The lowest BCUT2D eigenvalue weighted by Gasteiger charge is -2.36. The fourth-order valence-corrected chi connectivity index (χ4v) is 5.32. The van der Waals surface area contributed by atoms with E-state index < -0.39 is 0 Å². The SMILES string of the molecule is COc1ccc(-c2cc3ncnc(N4CCN(CC(=O)N5CCOCC5)CC4)c3s2)cc1. The number of carbonyl (C=O) groups is 1. The number of methoxy groups -OCH3 is 1. The maximum absolute atomic E-state index is 12.6. The normalized spacial score (nSPS) is 17.7. The monoisotopic (exact) mass is 453 g/mol. The number of thiophene rings is 1. The van der Waals surface area contributed by atoms with Crippen molar-refractivity contribution in [3.63, 3.8) is 0 Å². The van der Waals surface area contributed by atoms with Gasteiger partial charge in [0.2, 0.25) is 5.91 Å². The maximum atomic E-state index is 12.6. The average Bonchev–Trinajstić information content (AvgIpc) is 3.30. The zero-order valence-electron chi connectivity index (χ0n) is 18.2. The van der Waals surface area contributed by atoms with Crippen molar-refractivity contribution >= 4 is 33.3 Å². The number of rotatable bonds is 5. The Morgan fingerprint density at radius 1 is 1.06 bits per heavy atom. The highest BCUT2D eigenvalue weighted by Gasteiger charge is 2.25. The molecular formula is C23H27N5O3S. The Morgan fingerprint density at radius 2 is 1.81 bits per heavy atom. The molecule has 0 radical (unpaired) electrons. The summed E-state index contributed by atoms with van der Waals surface area (Å²) in [5, 5.41) is 0. The van der Waals surface area contributed by atoms with Crippen LogP contribution in [0.25, 0.3) is 20.7 Å². The van der Waals surface area contributed by atoms with Gasteiger partial charge in [0.15, 0.2) is 0 Å². The summed E-state index contributed by atoms with van der Waals surface area (Å²) >= 11 is 1.72. The first-order valence-electron chi connectivity index (χ1n) is 10.9. The van der Waals surface area contributed by atoms with E-state index in [0.29, 0.717) is 32.8 Å². The van der Waals surface area contributed by atoms with Crippen LogP contribution in [0.5, 0.6) is 5.75 Å². The van der Waals surface area contributed by atoms with Crippen LogP contribution in [0, 0.1) is 0 Å². The molecule has 168 valence electrons. The van der Waals surface area contributed by atoms with Crippen LogP contribution in [0.4, 0.5) is 5.82 Å². The van der Waals surface area contributed by atoms with Gasteiger partial charge in [-0.15, -0.1) is 11.3 Å². The Bertz CT molecular complexity index is 1070. The summed E-state index contributed by atoms with van der Waals surface area (Å²) in [5.41, 5.74) is 2.11. The van der Waals surface area contributed by atoms with E-state index >= 15 is 0 Å². The Morgan fingerprint density at radius 3 is 2.53 bits per heavy atom. The number of morpholine rings is 1. The molecule has 2 aliphatic heterocycles. The molecule has 3 aromatic rings. The third-order valence-electron chi connectivity index (χ3n) is 6.06. The molecule has 2 fully saturated rings.